The molecule has 0 saturated carbocycles. The third-order valence-corrected chi connectivity index (χ3v) is 3.89. The van der Waals surface area contributed by atoms with Gasteiger partial charge in [0, 0.05) is 31.0 Å². The number of aromatic nitrogens is 4. The summed E-state index contributed by atoms with van der Waals surface area (Å²) in [6, 6.07) is 1.73. The summed E-state index contributed by atoms with van der Waals surface area (Å²) in [5.74, 6) is 1.56. The molecule has 1 aliphatic rings. The standard InChI is InChI=1S/C15H21N5O/c1-9-7-11(21)10(8-17-9)13-18-19-14-12(15(2,3)4)16-5-6-20(13)14/h7-8,12,16H,5-6H2,1-4H3,(H,17,21). The summed E-state index contributed by atoms with van der Waals surface area (Å²) < 4.78 is 2.06. The van der Waals surface area contributed by atoms with Crippen LogP contribution in [0, 0.1) is 12.3 Å². The molecule has 0 amide bonds. The van der Waals surface area contributed by atoms with Crippen LogP contribution in [0.3, 0.4) is 0 Å². The van der Waals surface area contributed by atoms with Crippen molar-refractivity contribution in [1.29, 1.82) is 0 Å². The smallest absolute Gasteiger partial charge is 0.192 e. The highest BCUT2D eigenvalue weighted by atomic mass is 16.1. The topological polar surface area (TPSA) is 75.6 Å². The van der Waals surface area contributed by atoms with Gasteiger partial charge in [0.15, 0.2) is 17.1 Å². The Morgan fingerprint density at radius 3 is 2.76 bits per heavy atom. The number of aromatic amines is 1. The quantitative estimate of drug-likeness (QED) is 0.836. The lowest BCUT2D eigenvalue weighted by atomic mass is 9.85. The number of fused-ring (bicyclic) bond motifs is 1. The first-order valence-electron chi connectivity index (χ1n) is 7.24. The fourth-order valence-corrected chi connectivity index (χ4v) is 2.80. The third kappa shape index (κ3) is 2.40. The number of nitrogens with zero attached hydrogens (tertiary/aromatic N) is 3. The first-order chi connectivity index (χ1) is 9.88. The highest BCUT2D eigenvalue weighted by Crippen LogP contribution is 2.34. The molecule has 6 nitrogen and oxygen atoms in total. The zero-order valence-corrected chi connectivity index (χ0v) is 12.9. The van der Waals surface area contributed by atoms with Crippen LogP contribution < -0.4 is 10.7 Å². The maximum absolute atomic E-state index is 12.2. The summed E-state index contributed by atoms with van der Waals surface area (Å²) >= 11 is 0. The van der Waals surface area contributed by atoms with E-state index in [1.165, 1.54) is 0 Å². The van der Waals surface area contributed by atoms with E-state index >= 15 is 0 Å². The van der Waals surface area contributed by atoms with Crippen LogP contribution in [0.25, 0.3) is 11.4 Å². The van der Waals surface area contributed by atoms with Gasteiger partial charge in [-0.1, -0.05) is 20.8 Å². The van der Waals surface area contributed by atoms with E-state index in [9.17, 15) is 4.79 Å². The molecule has 0 radical (unpaired) electrons. The average molecular weight is 287 g/mol. The zero-order valence-electron chi connectivity index (χ0n) is 12.9. The SMILES string of the molecule is Cc1cc(=O)c(-c2nnc3n2CCNC3C(C)(C)C)c[nH]1. The predicted octanol–water partition coefficient (Wildman–Crippen LogP) is 1.63. The molecule has 2 aromatic rings. The highest BCUT2D eigenvalue weighted by molar-refractivity contribution is 5.54. The van der Waals surface area contributed by atoms with E-state index in [0.717, 1.165) is 24.6 Å². The van der Waals surface area contributed by atoms with E-state index in [0.29, 0.717) is 11.4 Å². The van der Waals surface area contributed by atoms with Crippen LogP contribution in [0.1, 0.15) is 38.3 Å². The minimum atomic E-state index is -0.0210. The van der Waals surface area contributed by atoms with Gasteiger partial charge in [-0.3, -0.25) is 4.79 Å². The van der Waals surface area contributed by atoms with Gasteiger partial charge in [-0.15, -0.1) is 10.2 Å². The Bertz CT molecular complexity index is 722. The predicted molar refractivity (Wildman–Crippen MR) is 81.0 cm³/mol. The second-order valence-corrected chi connectivity index (χ2v) is 6.68. The molecule has 0 saturated heterocycles. The van der Waals surface area contributed by atoms with Crippen molar-refractivity contribution in [2.75, 3.05) is 6.54 Å². The van der Waals surface area contributed by atoms with Crippen molar-refractivity contribution in [1.82, 2.24) is 25.1 Å². The molecule has 0 aromatic carbocycles. The van der Waals surface area contributed by atoms with Crippen LogP contribution in [0.5, 0.6) is 0 Å². The summed E-state index contributed by atoms with van der Waals surface area (Å²) in [5, 5.41) is 12.1. The maximum atomic E-state index is 12.2. The van der Waals surface area contributed by atoms with E-state index in [1.807, 2.05) is 6.92 Å². The Balaban J connectivity index is 2.12. The molecule has 3 heterocycles. The Hall–Kier alpha value is -1.95. The first-order valence-corrected chi connectivity index (χ1v) is 7.24. The molecule has 21 heavy (non-hydrogen) atoms. The number of hydrogen-bond acceptors (Lipinski definition) is 4. The van der Waals surface area contributed by atoms with Crippen molar-refractivity contribution in [3.8, 4) is 11.4 Å². The molecule has 1 atom stereocenters. The van der Waals surface area contributed by atoms with Crippen molar-refractivity contribution < 1.29 is 0 Å². The number of rotatable bonds is 1. The van der Waals surface area contributed by atoms with Gasteiger partial charge in [0.1, 0.15) is 0 Å². The molecule has 6 heteroatoms. The van der Waals surface area contributed by atoms with Crippen LogP contribution in [-0.2, 0) is 6.54 Å². The van der Waals surface area contributed by atoms with Crippen LogP contribution in [0.15, 0.2) is 17.1 Å². The number of H-pyrrole nitrogens is 1. The molecule has 0 bridgehead atoms. The van der Waals surface area contributed by atoms with E-state index in [-0.39, 0.29) is 16.9 Å². The molecule has 1 unspecified atom stereocenters. The largest absolute Gasteiger partial charge is 0.364 e. The molecule has 2 N–H and O–H groups in total. The number of hydrogen-bond donors (Lipinski definition) is 2. The van der Waals surface area contributed by atoms with Crippen molar-refractivity contribution in [2.24, 2.45) is 5.41 Å². The number of nitrogens with one attached hydrogen (secondary N) is 2. The van der Waals surface area contributed by atoms with E-state index in [1.54, 1.807) is 12.3 Å². The minimum absolute atomic E-state index is 0.0210. The van der Waals surface area contributed by atoms with Crippen molar-refractivity contribution in [3.63, 3.8) is 0 Å². The van der Waals surface area contributed by atoms with Crippen LogP contribution >= 0.6 is 0 Å². The van der Waals surface area contributed by atoms with E-state index in [4.69, 9.17) is 0 Å². The fraction of sp³-hybridized carbons (Fsp3) is 0.533. The van der Waals surface area contributed by atoms with Gasteiger partial charge in [-0.05, 0) is 12.3 Å². The monoisotopic (exact) mass is 287 g/mol. The van der Waals surface area contributed by atoms with Crippen molar-refractivity contribution in [3.05, 3.63) is 34.0 Å². The van der Waals surface area contributed by atoms with E-state index in [2.05, 4.69) is 45.8 Å². The maximum Gasteiger partial charge on any atom is 0.192 e. The normalized spacial score (nSPS) is 18.6. The van der Waals surface area contributed by atoms with Crippen molar-refractivity contribution >= 4 is 0 Å². The van der Waals surface area contributed by atoms with Crippen LogP contribution in [0.4, 0.5) is 0 Å². The Kier molecular flexibility index (Phi) is 3.20. The lowest BCUT2D eigenvalue weighted by Gasteiger charge is -2.34. The van der Waals surface area contributed by atoms with Crippen LogP contribution in [-0.4, -0.2) is 26.3 Å². The summed E-state index contributed by atoms with van der Waals surface area (Å²) in [4.78, 5) is 15.3. The summed E-state index contributed by atoms with van der Waals surface area (Å²) in [7, 11) is 0. The van der Waals surface area contributed by atoms with Gasteiger partial charge in [0.2, 0.25) is 0 Å². The van der Waals surface area contributed by atoms with Gasteiger partial charge < -0.3 is 14.9 Å². The van der Waals surface area contributed by atoms with Crippen LogP contribution in [0.2, 0.25) is 0 Å². The second-order valence-electron chi connectivity index (χ2n) is 6.68. The summed E-state index contributed by atoms with van der Waals surface area (Å²) in [5.41, 5.74) is 1.44. The molecule has 1 aliphatic heterocycles. The number of aryl methyl sites for hydroxylation is 1. The molecule has 0 aliphatic carbocycles. The average Bonchev–Trinajstić information content (AvgIpc) is 2.81. The third-order valence-electron chi connectivity index (χ3n) is 3.89. The fourth-order valence-electron chi connectivity index (χ4n) is 2.80. The highest BCUT2D eigenvalue weighted by Gasteiger charge is 2.34. The molecule has 0 spiro atoms. The number of pyridine rings is 1. The van der Waals surface area contributed by atoms with Gasteiger partial charge in [0.05, 0.1) is 11.6 Å². The lowest BCUT2D eigenvalue weighted by molar-refractivity contribution is 0.234. The van der Waals surface area contributed by atoms with Crippen molar-refractivity contribution in [2.45, 2.75) is 40.3 Å². The first kappa shape index (κ1) is 14.0. The molecular weight excluding hydrogens is 266 g/mol. The van der Waals surface area contributed by atoms with Gasteiger partial charge in [-0.25, -0.2) is 0 Å². The lowest BCUT2D eigenvalue weighted by Crippen LogP contribution is -2.40. The van der Waals surface area contributed by atoms with Gasteiger partial charge >= 0.3 is 0 Å². The minimum Gasteiger partial charge on any atom is -0.364 e. The second kappa shape index (κ2) is 4.80. The molecule has 112 valence electrons. The summed E-state index contributed by atoms with van der Waals surface area (Å²) in [6.45, 7) is 10.0. The van der Waals surface area contributed by atoms with E-state index < -0.39 is 0 Å². The Morgan fingerprint density at radius 2 is 2.10 bits per heavy atom. The molecule has 0 fully saturated rings. The van der Waals surface area contributed by atoms with Gasteiger partial charge in [0.25, 0.3) is 0 Å². The summed E-state index contributed by atoms with van der Waals surface area (Å²) in [6.07, 6.45) is 1.73. The molecule has 3 rings (SSSR count). The Morgan fingerprint density at radius 1 is 1.33 bits per heavy atom. The molecule has 2 aromatic heterocycles. The van der Waals surface area contributed by atoms with Gasteiger partial charge in [-0.2, -0.15) is 0 Å². The Labute approximate surface area is 123 Å². The molecular formula is C15H21N5O. The zero-order chi connectivity index (χ0) is 15.2.